The monoisotopic (exact) mass is 244 g/mol. The number of nitrogens with zero attached hydrogens (tertiary/aromatic N) is 2. The van der Waals surface area contributed by atoms with Crippen molar-refractivity contribution in [3.05, 3.63) is 26.9 Å². The maximum absolute atomic E-state index is 11.8. The predicted octanol–water partition coefficient (Wildman–Crippen LogP) is 2.20. The zero-order valence-corrected chi connectivity index (χ0v) is 10.9. The summed E-state index contributed by atoms with van der Waals surface area (Å²) >= 11 is 9.40. The molecule has 0 fully saturated rings. The Kier molecular flexibility index (Phi) is 4.16. The molecule has 0 atom stereocenters. The van der Waals surface area contributed by atoms with E-state index in [0.717, 1.165) is 5.56 Å². The lowest BCUT2D eigenvalue weighted by molar-refractivity contribution is 0.531. The molecule has 1 aromatic rings. The lowest BCUT2D eigenvalue weighted by Gasteiger charge is -2.15. The zero-order chi connectivity index (χ0) is 11.6. The van der Waals surface area contributed by atoms with Crippen molar-refractivity contribution in [3.8, 4) is 0 Å². The van der Waals surface area contributed by atoms with Crippen LogP contribution in [0.1, 0.15) is 25.5 Å². The van der Waals surface area contributed by atoms with E-state index in [1.54, 1.807) is 4.57 Å². The third-order valence-electron chi connectivity index (χ3n) is 2.25. The molecule has 84 valence electrons. The second-order valence-corrected chi connectivity index (χ2v) is 4.59. The normalized spacial score (nSPS) is 11.0. The van der Waals surface area contributed by atoms with E-state index in [1.807, 2.05) is 31.5 Å². The van der Waals surface area contributed by atoms with Crippen LogP contribution in [0.3, 0.4) is 0 Å². The lowest BCUT2D eigenvalue weighted by Crippen LogP contribution is -2.28. The van der Waals surface area contributed by atoms with E-state index in [2.05, 4.69) is 12.6 Å². The van der Waals surface area contributed by atoms with Crippen molar-refractivity contribution in [2.45, 2.75) is 33.4 Å². The quantitative estimate of drug-likeness (QED) is 0.652. The fourth-order valence-electron chi connectivity index (χ4n) is 1.43. The molecule has 3 nitrogen and oxygen atoms in total. The van der Waals surface area contributed by atoms with Crippen molar-refractivity contribution >= 4 is 24.8 Å². The first-order valence-corrected chi connectivity index (χ1v) is 5.96. The van der Waals surface area contributed by atoms with Gasteiger partial charge in [0.25, 0.3) is 5.56 Å². The van der Waals surface area contributed by atoms with E-state index >= 15 is 0 Å². The molecule has 0 aliphatic carbocycles. The Morgan fingerprint density at radius 3 is 2.60 bits per heavy atom. The van der Waals surface area contributed by atoms with Crippen LogP contribution in [0.2, 0.25) is 0 Å². The first-order chi connectivity index (χ1) is 6.99. The average Bonchev–Trinajstić information content (AvgIpc) is 2.18. The highest BCUT2D eigenvalue weighted by Crippen LogP contribution is 2.06. The van der Waals surface area contributed by atoms with Crippen LogP contribution in [-0.4, -0.2) is 14.9 Å². The molecule has 0 radical (unpaired) electrons. The van der Waals surface area contributed by atoms with Gasteiger partial charge in [-0.25, -0.2) is 0 Å². The van der Waals surface area contributed by atoms with E-state index in [0.29, 0.717) is 17.1 Å². The van der Waals surface area contributed by atoms with Crippen LogP contribution in [-0.2, 0) is 6.54 Å². The van der Waals surface area contributed by atoms with Gasteiger partial charge in [-0.15, -0.1) is 0 Å². The summed E-state index contributed by atoms with van der Waals surface area (Å²) in [4.78, 5) is 11.8. The fourth-order valence-corrected chi connectivity index (χ4v) is 2.06. The van der Waals surface area contributed by atoms with Crippen LogP contribution in [0.25, 0.3) is 0 Å². The number of thiol groups is 1. The highest BCUT2D eigenvalue weighted by atomic mass is 32.1. The summed E-state index contributed by atoms with van der Waals surface area (Å²) in [5, 5.41) is 0. The maximum atomic E-state index is 11.8. The summed E-state index contributed by atoms with van der Waals surface area (Å²) in [6.45, 7) is 6.47. The van der Waals surface area contributed by atoms with Gasteiger partial charge >= 0.3 is 0 Å². The molecule has 15 heavy (non-hydrogen) atoms. The number of aryl methyl sites for hydroxylation is 1. The fraction of sp³-hybridized carbons (Fsp3) is 0.600. The molecule has 0 aromatic carbocycles. The van der Waals surface area contributed by atoms with Gasteiger partial charge in [0, 0.05) is 30.1 Å². The van der Waals surface area contributed by atoms with Crippen LogP contribution in [0, 0.1) is 11.7 Å². The Bertz CT molecular complexity index is 459. The van der Waals surface area contributed by atoms with E-state index in [4.69, 9.17) is 12.2 Å². The molecule has 0 spiro atoms. The van der Waals surface area contributed by atoms with Crippen LogP contribution >= 0.6 is 24.8 Å². The minimum Gasteiger partial charge on any atom is -0.322 e. The highest BCUT2D eigenvalue weighted by Gasteiger charge is 2.07. The van der Waals surface area contributed by atoms with Crippen molar-refractivity contribution in [1.82, 2.24) is 9.13 Å². The molecule has 0 N–H and O–H groups in total. The van der Waals surface area contributed by atoms with Crippen molar-refractivity contribution < 1.29 is 0 Å². The Morgan fingerprint density at radius 2 is 2.13 bits per heavy atom. The van der Waals surface area contributed by atoms with Crippen LogP contribution in [0.4, 0.5) is 0 Å². The summed E-state index contributed by atoms with van der Waals surface area (Å²) in [5.41, 5.74) is 0.713. The number of hydrogen-bond acceptors (Lipinski definition) is 3. The molecular formula is C10H16N2OS2. The van der Waals surface area contributed by atoms with Gasteiger partial charge in [-0.2, -0.15) is 12.6 Å². The van der Waals surface area contributed by atoms with Crippen molar-refractivity contribution in [2.75, 3.05) is 5.75 Å². The first kappa shape index (κ1) is 12.5. The van der Waals surface area contributed by atoms with Gasteiger partial charge in [0.1, 0.15) is 0 Å². The number of aromatic nitrogens is 2. The van der Waals surface area contributed by atoms with Gasteiger partial charge in [0.2, 0.25) is 0 Å². The molecule has 0 aliphatic rings. The third-order valence-corrected chi connectivity index (χ3v) is 2.88. The smallest absolute Gasteiger partial charge is 0.257 e. The lowest BCUT2D eigenvalue weighted by atomic mass is 10.3. The topological polar surface area (TPSA) is 26.9 Å². The number of rotatable bonds is 3. The largest absolute Gasteiger partial charge is 0.322 e. The standard InChI is InChI=1S/C10H16N2OS2/c1-7(2)12-6-8(3)9(13)11(4-5-14)10(12)15/h6-7,14H,4-5H2,1-3H3. The molecule has 0 bridgehead atoms. The highest BCUT2D eigenvalue weighted by molar-refractivity contribution is 7.80. The van der Waals surface area contributed by atoms with E-state index in [1.165, 1.54) is 0 Å². The Hall–Kier alpha value is -0.550. The molecule has 1 rings (SSSR count). The molecule has 0 aliphatic heterocycles. The van der Waals surface area contributed by atoms with Gasteiger partial charge in [0.15, 0.2) is 4.77 Å². The number of hydrogen-bond donors (Lipinski definition) is 1. The molecule has 0 saturated carbocycles. The van der Waals surface area contributed by atoms with Gasteiger partial charge in [0.05, 0.1) is 0 Å². The second kappa shape index (κ2) is 4.99. The van der Waals surface area contributed by atoms with Gasteiger partial charge in [-0.3, -0.25) is 9.36 Å². The van der Waals surface area contributed by atoms with Crippen LogP contribution < -0.4 is 5.56 Å². The minimum absolute atomic E-state index is 0.00838. The molecule has 1 aromatic heterocycles. The third kappa shape index (κ3) is 2.52. The van der Waals surface area contributed by atoms with Crippen molar-refractivity contribution in [3.63, 3.8) is 0 Å². The van der Waals surface area contributed by atoms with Crippen LogP contribution in [0.15, 0.2) is 11.0 Å². The Morgan fingerprint density at radius 1 is 1.53 bits per heavy atom. The van der Waals surface area contributed by atoms with E-state index in [-0.39, 0.29) is 11.6 Å². The first-order valence-electron chi connectivity index (χ1n) is 4.92. The molecular weight excluding hydrogens is 228 g/mol. The Labute approximate surface area is 100 Å². The van der Waals surface area contributed by atoms with Gasteiger partial charge < -0.3 is 4.57 Å². The Balaban J connectivity index is 3.49. The summed E-state index contributed by atoms with van der Waals surface area (Å²) in [7, 11) is 0. The maximum Gasteiger partial charge on any atom is 0.257 e. The molecule has 5 heteroatoms. The second-order valence-electron chi connectivity index (χ2n) is 3.78. The SMILES string of the molecule is Cc1cn(C(C)C)c(=S)n(CCS)c1=O. The summed E-state index contributed by atoms with van der Waals surface area (Å²) in [6, 6.07) is 0.267. The predicted molar refractivity (Wildman–Crippen MR) is 68.5 cm³/mol. The average molecular weight is 244 g/mol. The van der Waals surface area contributed by atoms with Crippen molar-refractivity contribution in [1.29, 1.82) is 0 Å². The van der Waals surface area contributed by atoms with Gasteiger partial charge in [-0.1, -0.05) is 0 Å². The minimum atomic E-state index is -0.00838. The van der Waals surface area contributed by atoms with E-state index in [9.17, 15) is 4.79 Å². The van der Waals surface area contributed by atoms with Crippen molar-refractivity contribution in [2.24, 2.45) is 0 Å². The molecule has 0 amide bonds. The molecule has 0 unspecified atom stereocenters. The summed E-state index contributed by atoms with van der Waals surface area (Å²) in [6.07, 6.45) is 1.82. The summed E-state index contributed by atoms with van der Waals surface area (Å²) < 4.78 is 4.13. The van der Waals surface area contributed by atoms with Gasteiger partial charge in [-0.05, 0) is 33.0 Å². The zero-order valence-electron chi connectivity index (χ0n) is 9.23. The van der Waals surface area contributed by atoms with Crippen LogP contribution in [0.5, 0.6) is 0 Å². The van der Waals surface area contributed by atoms with E-state index < -0.39 is 0 Å². The summed E-state index contributed by atoms with van der Waals surface area (Å²) in [5.74, 6) is 0.616. The molecule has 0 saturated heterocycles. The molecule has 1 heterocycles.